The van der Waals surface area contributed by atoms with E-state index in [1.54, 1.807) is 22.8 Å². The van der Waals surface area contributed by atoms with Crippen molar-refractivity contribution in [1.29, 1.82) is 0 Å². The molecule has 0 aliphatic heterocycles. The molecule has 162 valence electrons. The van der Waals surface area contributed by atoms with Crippen LogP contribution < -0.4 is 5.32 Å². The Balaban J connectivity index is 1.48. The van der Waals surface area contributed by atoms with E-state index in [1.807, 2.05) is 6.07 Å². The van der Waals surface area contributed by atoms with Gasteiger partial charge in [-0.05, 0) is 67.1 Å². The summed E-state index contributed by atoms with van der Waals surface area (Å²) in [6.07, 6.45) is 2.64. The van der Waals surface area contributed by atoms with Crippen LogP contribution in [0, 0.1) is 5.82 Å². The number of halogens is 3. The fourth-order valence-corrected chi connectivity index (χ4v) is 4.84. The second-order valence-electron chi connectivity index (χ2n) is 7.81. The van der Waals surface area contributed by atoms with E-state index in [2.05, 4.69) is 5.32 Å². The quantitative estimate of drug-likeness (QED) is 0.553. The van der Waals surface area contributed by atoms with Gasteiger partial charge in [-0.25, -0.2) is 4.39 Å². The SMILES string of the molecule is O=C(O)Cn1c2c(c3cc(F)ccc31)CC(NC(=O)CCc1ccc(Cl)cc1Cl)CC2. The molecule has 3 aromatic rings. The van der Waals surface area contributed by atoms with Gasteiger partial charge in [-0.1, -0.05) is 29.3 Å². The Morgan fingerprint density at radius 2 is 2.00 bits per heavy atom. The highest BCUT2D eigenvalue weighted by molar-refractivity contribution is 6.35. The van der Waals surface area contributed by atoms with Crippen molar-refractivity contribution in [2.75, 3.05) is 0 Å². The molecule has 8 heteroatoms. The zero-order valence-corrected chi connectivity index (χ0v) is 18.1. The molecule has 0 bridgehead atoms. The number of rotatable bonds is 6. The normalized spacial score (nSPS) is 15.6. The number of fused-ring (bicyclic) bond motifs is 3. The summed E-state index contributed by atoms with van der Waals surface area (Å²) in [4.78, 5) is 23.9. The molecule has 0 saturated carbocycles. The van der Waals surface area contributed by atoms with Crippen LogP contribution in [0.5, 0.6) is 0 Å². The van der Waals surface area contributed by atoms with Crippen molar-refractivity contribution in [1.82, 2.24) is 9.88 Å². The van der Waals surface area contributed by atoms with E-state index in [1.165, 1.54) is 12.1 Å². The number of carboxylic acids is 1. The molecule has 0 spiro atoms. The zero-order valence-electron chi connectivity index (χ0n) is 16.6. The average Bonchev–Trinajstić information content (AvgIpc) is 2.99. The zero-order chi connectivity index (χ0) is 22.1. The number of aliphatic carboxylic acids is 1. The lowest BCUT2D eigenvalue weighted by atomic mass is 9.91. The highest BCUT2D eigenvalue weighted by Gasteiger charge is 2.27. The maximum Gasteiger partial charge on any atom is 0.323 e. The first-order valence-corrected chi connectivity index (χ1v) is 10.8. The van der Waals surface area contributed by atoms with Crippen molar-refractivity contribution in [3.05, 3.63) is 69.1 Å². The Hall–Kier alpha value is -2.57. The molecular formula is C23H21Cl2FN2O3. The van der Waals surface area contributed by atoms with Crippen LogP contribution in [-0.2, 0) is 35.4 Å². The summed E-state index contributed by atoms with van der Waals surface area (Å²) in [5.41, 5.74) is 3.38. The summed E-state index contributed by atoms with van der Waals surface area (Å²) >= 11 is 12.1. The van der Waals surface area contributed by atoms with Crippen LogP contribution in [0.1, 0.15) is 29.7 Å². The van der Waals surface area contributed by atoms with Gasteiger partial charge in [0, 0.05) is 39.1 Å². The molecule has 5 nitrogen and oxygen atoms in total. The molecule has 1 heterocycles. The number of carbonyl (C=O) groups is 2. The Morgan fingerprint density at radius 1 is 1.19 bits per heavy atom. The van der Waals surface area contributed by atoms with Crippen molar-refractivity contribution in [2.45, 2.75) is 44.7 Å². The molecular weight excluding hydrogens is 442 g/mol. The molecule has 1 atom stereocenters. The van der Waals surface area contributed by atoms with Gasteiger partial charge in [0.15, 0.2) is 0 Å². The van der Waals surface area contributed by atoms with Crippen LogP contribution in [0.4, 0.5) is 4.39 Å². The maximum absolute atomic E-state index is 13.9. The van der Waals surface area contributed by atoms with Gasteiger partial charge in [0.2, 0.25) is 5.91 Å². The molecule has 1 aromatic heterocycles. The predicted molar refractivity (Wildman–Crippen MR) is 118 cm³/mol. The molecule has 1 unspecified atom stereocenters. The van der Waals surface area contributed by atoms with Crippen LogP contribution in [0.15, 0.2) is 36.4 Å². The van der Waals surface area contributed by atoms with Gasteiger partial charge in [-0.15, -0.1) is 0 Å². The standard InChI is InChI=1S/C23H21Cl2FN2O3/c24-14-3-1-13(19(25)9-14)2-8-22(29)27-16-5-7-21-18(11-16)17-10-15(26)4-6-20(17)28(21)12-23(30)31/h1,3-4,6,9-10,16H,2,5,7-8,11-12H2,(H,27,29)(H,30,31). The van der Waals surface area contributed by atoms with E-state index in [0.717, 1.165) is 16.8 Å². The minimum atomic E-state index is -0.944. The molecule has 1 amide bonds. The summed E-state index contributed by atoms with van der Waals surface area (Å²) in [6, 6.07) is 9.53. The summed E-state index contributed by atoms with van der Waals surface area (Å²) in [7, 11) is 0. The first kappa shape index (κ1) is 21.7. The van der Waals surface area contributed by atoms with E-state index >= 15 is 0 Å². The third-order valence-corrected chi connectivity index (χ3v) is 6.31. The molecule has 31 heavy (non-hydrogen) atoms. The van der Waals surface area contributed by atoms with Gasteiger partial charge in [0.05, 0.1) is 0 Å². The number of aromatic nitrogens is 1. The third kappa shape index (κ3) is 4.70. The second kappa shape index (κ2) is 8.89. The van der Waals surface area contributed by atoms with E-state index in [0.29, 0.717) is 53.1 Å². The average molecular weight is 463 g/mol. The van der Waals surface area contributed by atoms with E-state index in [-0.39, 0.29) is 24.3 Å². The monoisotopic (exact) mass is 462 g/mol. The van der Waals surface area contributed by atoms with E-state index in [4.69, 9.17) is 23.2 Å². The third-order valence-electron chi connectivity index (χ3n) is 5.72. The Kier molecular flexibility index (Phi) is 6.21. The van der Waals surface area contributed by atoms with Gasteiger partial charge >= 0.3 is 5.97 Å². The van der Waals surface area contributed by atoms with Crippen molar-refractivity contribution in [3.8, 4) is 0 Å². The van der Waals surface area contributed by atoms with Gasteiger partial charge < -0.3 is 15.0 Å². The van der Waals surface area contributed by atoms with Gasteiger partial charge in [0.1, 0.15) is 12.4 Å². The Morgan fingerprint density at radius 3 is 2.74 bits per heavy atom. The number of benzene rings is 2. The molecule has 4 rings (SSSR count). The second-order valence-corrected chi connectivity index (χ2v) is 8.65. The highest BCUT2D eigenvalue weighted by Crippen LogP contribution is 2.33. The minimum absolute atomic E-state index is 0.0834. The Labute approximate surface area is 188 Å². The summed E-state index contributed by atoms with van der Waals surface area (Å²) in [5, 5.41) is 14.2. The summed E-state index contributed by atoms with van der Waals surface area (Å²) < 4.78 is 15.6. The number of carbonyl (C=O) groups excluding carboxylic acids is 1. The lowest BCUT2D eigenvalue weighted by molar-refractivity contribution is -0.137. The van der Waals surface area contributed by atoms with Gasteiger partial charge in [-0.3, -0.25) is 9.59 Å². The van der Waals surface area contributed by atoms with Gasteiger partial charge in [-0.2, -0.15) is 0 Å². The summed E-state index contributed by atoms with van der Waals surface area (Å²) in [5.74, 6) is -1.39. The largest absolute Gasteiger partial charge is 0.480 e. The maximum atomic E-state index is 13.9. The highest BCUT2D eigenvalue weighted by atomic mass is 35.5. The van der Waals surface area contributed by atoms with Crippen molar-refractivity contribution >= 4 is 46.0 Å². The van der Waals surface area contributed by atoms with Gasteiger partial charge in [0.25, 0.3) is 0 Å². The predicted octanol–water partition coefficient (Wildman–Crippen LogP) is 4.78. The lowest BCUT2D eigenvalue weighted by Crippen LogP contribution is -2.39. The fourth-order valence-electron chi connectivity index (χ4n) is 4.33. The van der Waals surface area contributed by atoms with Crippen molar-refractivity contribution in [2.24, 2.45) is 0 Å². The molecule has 0 radical (unpaired) electrons. The number of amides is 1. The molecule has 1 aliphatic carbocycles. The Bertz CT molecular complexity index is 1180. The molecule has 1 aliphatic rings. The number of aryl methyl sites for hydroxylation is 1. The summed E-state index contributed by atoms with van der Waals surface area (Å²) in [6.45, 7) is -0.170. The molecule has 0 fully saturated rings. The number of nitrogens with one attached hydrogen (secondary N) is 1. The topological polar surface area (TPSA) is 71.3 Å². The first-order valence-electron chi connectivity index (χ1n) is 10.1. The number of carboxylic acid groups (broad SMARTS) is 1. The van der Waals surface area contributed by atoms with Crippen LogP contribution in [0.25, 0.3) is 10.9 Å². The van der Waals surface area contributed by atoms with Crippen LogP contribution in [0.3, 0.4) is 0 Å². The number of nitrogens with zero attached hydrogens (tertiary/aromatic N) is 1. The molecule has 2 aromatic carbocycles. The van der Waals surface area contributed by atoms with E-state index < -0.39 is 5.97 Å². The van der Waals surface area contributed by atoms with Crippen LogP contribution in [-0.4, -0.2) is 27.6 Å². The van der Waals surface area contributed by atoms with Crippen LogP contribution in [0.2, 0.25) is 10.0 Å². The van der Waals surface area contributed by atoms with E-state index in [9.17, 15) is 19.1 Å². The smallest absolute Gasteiger partial charge is 0.323 e. The minimum Gasteiger partial charge on any atom is -0.480 e. The van der Waals surface area contributed by atoms with Crippen LogP contribution >= 0.6 is 23.2 Å². The lowest BCUT2D eigenvalue weighted by Gasteiger charge is -2.25. The van der Waals surface area contributed by atoms with Crippen molar-refractivity contribution in [3.63, 3.8) is 0 Å². The number of hydrogen-bond donors (Lipinski definition) is 2. The van der Waals surface area contributed by atoms with Crippen molar-refractivity contribution < 1.29 is 19.1 Å². The first-order chi connectivity index (χ1) is 14.8. The fraction of sp³-hybridized carbons (Fsp3) is 0.304. The molecule has 2 N–H and O–H groups in total. The molecule has 0 saturated heterocycles. The number of hydrogen-bond acceptors (Lipinski definition) is 2.